The number of oxime groups is 2. The van der Waals surface area contributed by atoms with Gasteiger partial charge in [0.1, 0.15) is 5.71 Å². The largest absolute Gasteiger partial charge is 0.411 e. The highest BCUT2D eigenvalue weighted by Crippen LogP contribution is 2.28. The molecule has 0 heterocycles. The first-order valence-electron chi connectivity index (χ1n) is 4.28. The van der Waals surface area contributed by atoms with Gasteiger partial charge >= 0.3 is 0 Å². The van der Waals surface area contributed by atoms with Crippen LogP contribution in [0.15, 0.2) is 10.3 Å². The second kappa shape index (κ2) is 4.39. The van der Waals surface area contributed by atoms with E-state index in [4.69, 9.17) is 19.9 Å². The van der Waals surface area contributed by atoms with Crippen LogP contribution in [0.4, 0.5) is 0 Å². The molecule has 0 unspecified atom stereocenters. The second-order valence-corrected chi connectivity index (χ2v) is 3.01. The van der Waals surface area contributed by atoms with Crippen molar-refractivity contribution in [1.82, 2.24) is 0 Å². The maximum Gasteiger partial charge on any atom is 0.217 e. The van der Waals surface area contributed by atoms with Gasteiger partial charge in [-0.1, -0.05) is 10.3 Å². The lowest BCUT2D eigenvalue weighted by molar-refractivity contribution is -0.159. The fourth-order valence-corrected chi connectivity index (χ4v) is 1.66. The van der Waals surface area contributed by atoms with Gasteiger partial charge in [-0.3, -0.25) is 0 Å². The summed E-state index contributed by atoms with van der Waals surface area (Å²) in [6, 6.07) is 0. The molecule has 0 radical (unpaired) electrons. The van der Waals surface area contributed by atoms with Crippen molar-refractivity contribution in [2.24, 2.45) is 10.3 Å². The van der Waals surface area contributed by atoms with Crippen molar-refractivity contribution < 1.29 is 19.9 Å². The molecule has 0 saturated heterocycles. The molecule has 6 heteroatoms. The zero-order valence-corrected chi connectivity index (χ0v) is 8.23. The van der Waals surface area contributed by atoms with Crippen molar-refractivity contribution in [2.75, 3.05) is 14.2 Å². The SMILES string of the molecule is COC1(OC)CCCC(=NO)C1=NO. The molecular weight excluding hydrogens is 188 g/mol. The van der Waals surface area contributed by atoms with Gasteiger partial charge in [0.2, 0.25) is 5.79 Å². The predicted octanol–water partition coefficient (Wildman–Crippen LogP) is 0.820. The van der Waals surface area contributed by atoms with Crippen LogP contribution < -0.4 is 0 Å². The van der Waals surface area contributed by atoms with E-state index in [1.54, 1.807) is 0 Å². The van der Waals surface area contributed by atoms with Crippen LogP contribution in [-0.2, 0) is 9.47 Å². The molecule has 14 heavy (non-hydrogen) atoms. The van der Waals surface area contributed by atoms with Crippen LogP contribution in [0.5, 0.6) is 0 Å². The molecule has 0 aliphatic heterocycles. The Morgan fingerprint density at radius 2 is 1.86 bits per heavy atom. The molecule has 0 bridgehead atoms. The molecule has 0 aromatic carbocycles. The Morgan fingerprint density at radius 1 is 1.21 bits per heavy atom. The van der Waals surface area contributed by atoms with Gasteiger partial charge in [0.05, 0.1) is 0 Å². The molecule has 0 amide bonds. The van der Waals surface area contributed by atoms with Crippen molar-refractivity contribution in [3.05, 3.63) is 0 Å². The standard InChI is InChI=1S/C8H14N2O4/c1-13-8(14-2)5-3-4-6(9-11)7(8)10-12/h11-12H,3-5H2,1-2H3. The molecule has 2 N–H and O–H groups in total. The van der Waals surface area contributed by atoms with Gasteiger partial charge < -0.3 is 19.9 Å². The molecule has 0 spiro atoms. The van der Waals surface area contributed by atoms with E-state index in [0.717, 1.165) is 6.42 Å². The maximum atomic E-state index is 8.83. The van der Waals surface area contributed by atoms with Crippen molar-refractivity contribution in [2.45, 2.75) is 25.0 Å². The zero-order valence-electron chi connectivity index (χ0n) is 8.23. The van der Waals surface area contributed by atoms with E-state index in [2.05, 4.69) is 10.3 Å². The Hall–Kier alpha value is -1.14. The maximum absolute atomic E-state index is 8.83. The average Bonchev–Trinajstić information content (AvgIpc) is 2.27. The summed E-state index contributed by atoms with van der Waals surface area (Å²) in [5.41, 5.74) is 0.429. The highest BCUT2D eigenvalue weighted by Gasteiger charge is 2.43. The summed E-state index contributed by atoms with van der Waals surface area (Å²) in [6.45, 7) is 0. The van der Waals surface area contributed by atoms with E-state index in [9.17, 15) is 0 Å². The number of hydrogen-bond acceptors (Lipinski definition) is 6. The van der Waals surface area contributed by atoms with Gasteiger partial charge in [-0.15, -0.1) is 0 Å². The summed E-state index contributed by atoms with van der Waals surface area (Å²) in [7, 11) is 2.91. The molecule has 1 rings (SSSR count). The monoisotopic (exact) mass is 202 g/mol. The Labute approximate surface area is 81.8 Å². The van der Waals surface area contributed by atoms with Gasteiger partial charge in [-0.05, 0) is 12.8 Å². The third kappa shape index (κ3) is 1.58. The fourth-order valence-electron chi connectivity index (χ4n) is 1.66. The summed E-state index contributed by atoms with van der Waals surface area (Å²) in [6.07, 6.45) is 1.86. The molecule has 1 aliphatic carbocycles. The van der Waals surface area contributed by atoms with Gasteiger partial charge in [0, 0.05) is 20.6 Å². The van der Waals surface area contributed by atoms with Gasteiger partial charge in [-0.25, -0.2) is 0 Å². The molecule has 0 aromatic heterocycles. The summed E-state index contributed by atoms with van der Waals surface area (Å²) in [5, 5.41) is 23.7. The number of nitrogens with zero attached hydrogens (tertiary/aromatic N) is 2. The third-order valence-corrected chi connectivity index (χ3v) is 2.43. The van der Waals surface area contributed by atoms with Crippen LogP contribution in [0.3, 0.4) is 0 Å². The summed E-state index contributed by atoms with van der Waals surface area (Å²) in [5.74, 6) is -1.09. The average molecular weight is 202 g/mol. The van der Waals surface area contributed by atoms with Crippen molar-refractivity contribution in [3.8, 4) is 0 Å². The van der Waals surface area contributed by atoms with E-state index < -0.39 is 5.79 Å². The predicted molar refractivity (Wildman–Crippen MR) is 49.0 cm³/mol. The fraction of sp³-hybridized carbons (Fsp3) is 0.750. The van der Waals surface area contributed by atoms with Crippen LogP contribution in [0.25, 0.3) is 0 Å². The Kier molecular flexibility index (Phi) is 3.43. The first kappa shape index (κ1) is 10.9. The van der Waals surface area contributed by atoms with E-state index >= 15 is 0 Å². The lowest BCUT2D eigenvalue weighted by Gasteiger charge is -2.34. The molecule has 1 saturated carbocycles. The summed E-state index contributed by atoms with van der Waals surface area (Å²) in [4.78, 5) is 0. The summed E-state index contributed by atoms with van der Waals surface area (Å²) >= 11 is 0. The van der Waals surface area contributed by atoms with Gasteiger partial charge in [0.15, 0.2) is 5.71 Å². The Morgan fingerprint density at radius 3 is 2.29 bits per heavy atom. The summed E-state index contributed by atoms with van der Waals surface area (Å²) < 4.78 is 10.3. The van der Waals surface area contributed by atoms with E-state index in [1.807, 2.05) is 0 Å². The smallest absolute Gasteiger partial charge is 0.217 e. The Bertz CT molecular complexity index is 258. The van der Waals surface area contributed by atoms with Crippen LogP contribution in [0.1, 0.15) is 19.3 Å². The quantitative estimate of drug-likeness (QED) is 0.394. The second-order valence-electron chi connectivity index (χ2n) is 3.01. The third-order valence-electron chi connectivity index (χ3n) is 2.43. The minimum Gasteiger partial charge on any atom is -0.411 e. The van der Waals surface area contributed by atoms with Gasteiger partial charge in [-0.2, -0.15) is 0 Å². The Balaban J connectivity index is 3.06. The van der Waals surface area contributed by atoms with E-state index in [0.29, 0.717) is 18.6 Å². The molecule has 0 aromatic rings. The molecule has 1 aliphatic rings. The number of hydrogen-bond donors (Lipinski definition) is 2. The van der Waals surface area contributed by atoms with Crippen LogP contribution >= 0.6 is 0 Å². The van der Waals surface area contributed by atoms with Crippen molar-refractivity contribution >= 4 is 11.4 Å². The lowest BCUT2D eigenvalue weighted by atomic mass is 9.90. The highest BCUT2D eigenvalue weighted by atomic mass is 16.7. The van der Waals surface area contributed by atoms with Crippen LogP contribution in [0, 0.1) is 0 Å². The number of rotatable bonds is 2. The minimum atomic E-state index is -1.09. The topological polar surface area (TPSA) is 83.6 Å². The minimum absolute atomic E-state index is 0.135. The van der Waals surface area contributed by atoms with Gasteiger partial charge in [0.25, 0.3) is 0 Å². The first-order chi connectivity index (χ1) is 6.74. The van der Waals surface area contributed by atoms with Crippen molar-refractivity contribution in [1.29, 1.82) is 0 Å². The molecule has 1 fully saturated rings. The molecule has 80 valence electrons. The highest BCUT2D eigenvalue weighted by molar-refractivity contribution is 6.45. The molecular formula is C8H14N2O4. The molecule has 0 atom stereocenters. The van der Waals surface area contributed by atoms with Crippen LogP contribution in [-0.4, -0.2) is 41.8 Å². The molecule has 6 nitrogen and oxygen atoms in total. The van der Waals surface area contributed by atoms with Crippen LogP contribution in [0.2, 0.25) is 0 Å². The lowest BCUT2D eigenvalue weighted by Crippen LogP contribution is -2.49. The number of methoxy groups -OCH3 is 2. The van der Waals surface area contributed by atoms with E-state index in [-0.39, 0.29) is 5.71 Å². The zero-order chi connectivity index (χ0) is 10.6. The van der Waals surface area contributed by atoms with E-state index in [1.165, 1.54) is 14.2 Å². The van der Waals surface area contributed by atoms with Crippen molar-refractivity contribution in [3.63, 3.8) is 0 Å². The normalized spacial score (nSPS) is 27.0. The first-order valence-corrected chi connectivity index (χ1v) is 4.28. The number of ether oxygens (including phenoxy) is 2.